The molecule has 0 fully saturated rings. The van der Waals surface area contributed by atoms with Crippen molar-refractivity contribution in [2.45, 2.75) is 29.7 Å². The number of sulfonamides is 2. The van der Waals surface area contributed by atoms with Crippen LogP contribution in [0.1, 0.15) is 19.9 Å². The van der Waals surface area contributed by atoms with Crippen LogP contribution in [0.25, 0.3) is 11.3 Å². The molecule has 0 bridgehead atoms. The van der Waals surface area contributed by atoms with E-state index in [0.29, 0.717) is 11.3 Å². The Bertz CT molecular complexity index is 1490. The van der Waals surface area contributed by atoms with Gasteiger partial charge < -0.3 is 0 Å². The maximum atomic E-state index is 13.2. The topological polar surface area (TPSA) is 136 Å². The minimum absolute atomic E-state index is 0.0204. The van der Waals surface area contributed by atoms with E-state index in [1.54, 1.807) is 35.0 Å². The average Bonchev–Trinajstić information content (AvgIpc) is 3.27. The van der Waals surface area contributed by atoms with Gasteiger partial charge in [0.15, 0.2) is 0 Å². The molecule has 0 spiro atoms. The molecule has 2 aromatic carbocycles. The quantitative estimate of drug-likeness (QED) is 0.379. The zero-order valence-corrected chi connectivity index (χ0v) is 20.0. The number of nitrogens with zero attached hydrogens (tertiary/aromatic N) is 4. The standard InChI is InChI=1S/C22H22N6O4S2/c1-16(2)28-15-20(21(25-28)17-7-4-3-5-8-17)34(31,32)26-18-9-11-19(12-10-18)33(29,30)27-22-23-13-6-14-24-22/h3-16,26H,1-2H3,(H,23,24,27). The molecule has 2 aromatic heterocycles. The van der Waals surface area contributed by atoms with E-state index in [0.717, 1.165) is 0 Å². The summed E-state index contributed by atoms with van der Waals surface area (Å²) in [4.78, 5) is 7.62. The van der Waals surface area contributed by atoms with Crippen LogP contribution in [0.15, 0.2) is 89.0 Å². The van der Waals surface area contributed by atoms with Crippen molar-refractivity contribution in [2.24, 2.45) is 0 Å². The van der Waals surface area contributed by atoms with E-state index in [2.05, 4.69) is 24.5 Å². The van der Waals surface area contributed by atoms with Crippen LogP contribution < -0.4 is 9.44 Å². The maximum Gasteiger partial charge on any atom is 0.265 e. The Labute approximate surface area is 197 Å². The molecular formula is C22H22N6O4S2. The van der Waals surface area contributed by atoms with Gasteiger partial charge in [-0.05, 0) is 44.2 Å². The first-order chi connectivity index (χ1) is 16.2. The highest BCUT2D eigenvalue weighted by atomic mass is 32.2. The second-order valence-electron chi connectivity index (χ2n) is 7.59. The molecule has 2 N–H and O–H groups in total. The van der Waals surface area contributed by atoms with Gasteiger partial charge in [-0.2, -0.15) is 5.10 Å². The molecule has 12 heteroatoms. The normalized spacial score (nSPS) is 12.0. The molecule has 4 aromatic rings. The van der Waals surface area contributed by atoms with Gasteiger partial charge in [0, 0.05) is 35.9 Å². The molecule has 0 atom stereocenters. The Kier molecular flexibility index (Phi) is 6.35. The average molecular weight is 499 g/mol. The summed E-state index contributed by atoms with van der Waals surface area (Å²) in [7, 11) is -7.96. The van der Waals surface area contributed by atoms with E-state index < -0.39 is 20.0 Å². The number of anilines is 2. The predicted molar refractivity (Wildman–Crippen MR) is 128 cm³/mol. The van der Waals surface area contributed by atoms with Gasteiger partial charge in [0.05, 0.1) is 4.90 Å². The van der Waals surface area contributed by atoms with E-state index >= 15 is 0 Å². The van der Waals surface area contributed by atoms with Gasteiger partial charge in [-0.25, -0.2) is 31.5 Å². The van der Waals surface area contributed by atoms with Crippen molar-refractivity contribution < 1.29 is 16.8 Å². The molecule has 2 heterocycles. The molecule has 0 aliphatic heterocycles. The van der Waals surface area contributed by atoms with E-state index in [4.69, 9.17) is 0 Å². The van der Waals surface area contributed by atoms with Gasteiger partial charge in [-0.1, -0.05) is 30.3 Å². The first-order valence-electron chi connectivity index (χ1n) is 10.2. The molecule has 0 saturated heterocycles. The summed E-state index contributed by atoms with van der Waals surface area (Å²) in [5.41, 5.74) is 1.19. The van der Waals surface area contributed by atoms with Crippen molar-refractivity contribution in [3.05, 3.63) is 79.3 Å². The lowest BCUT2D eigenvalue weighted by molar-refractivity contribution is 0.532. The molecule has 0 saturated carbocycles. The summed E-state index contributed by atoms with van der Waals surface area (Å²) in [5.74, 6) is -0.0668. The molecule has 34 heavy (non-hydrogen) atoms. The van der Waals surface area contributed by atoms with Crippen LogP contribution in [-0.4, -0.2) is 36.6 Å². The van der Waals surface area contributed by atoms with Crippen LogP contribution in [0.4, 0.5) is 11.6 Å². The van der Waals surface area contributed by atoms with Crippen molar-refractivity contribution >= 4 is 31.7 Å². The van der Waals surface area contributed by atoms with Crippen LogP contribution in [0, 0.1) is 0 Å². The predicted octanol–water partition coefficient (Wildman–Crippen LogP) is 3.52. The molecule has 10 nitrogen and oxygen atoms in total. The Balaban J connectivity index is 1.61. The number of rotatable bonds is 8. The zero-order chi connectivity index (χ0) is 24.3. The van der Waals surface area contributed by atoms with E-state index in [1.807, 2.05) is 19.9 Å². The molecule has 0 amide bonds. The third-order valence-corrected chi connectivity index (χ3v) is 7.50. The first-order valence-corrected chi connectivity index (χ1v) is 13.2. The molecule has 0 radical (unpaired) electrons. The monoisotopic (exact) mass is 498 g/mol. The lowest BCUT2D eigenvalue weighted by Gasteiger charge is -2.10. The second kappa shape index (κ2) is 9.23. The summed E-state index contributed by atoms with van der Waals surface area (Å²) >= 11 is 0. The van der Waals surface area contributed by atoms with Crippen molar-refractivity contribution in [3.8, 4) is 11.3 Å². The van der Waals surface area contributed by atoms with Gasteiger partial charge in [-0.3, -0.25) is 9.40 Å². The third-order valence-electron chi connectivity index (χ3n) is 4.77. The fourth-order valence-electron chi connectivity index (χ4n) is 3.08. The fourth-order valence-corrected chi connectivity index (χ4v) is 5.25. The lowest BCUT2D eigenvalue weighted by Crippen LogP contribution is -2.16. The number of aromatic nitrogens is 4. The van der Waals surface area contributed by atoms with Crippen LogP contribution in [0.3, 0.4) is 0 Å². The fraction of sp³-hybridized carbons (Fsp3) is 0.136. The highest BCUT2D eigenvalue weighted by Gasteiger charge is 2.25. The SMILES string of the molecule is CC(C)n1cc(S(=O)(=O)Nc2ccc(S(=O)(=O)Nc3ncccn3)cc2)c(-c2ccccc2)n1. The van der Waals surface area contributed by atoms with Gasteiger partial charge in [0.1, 0.15) is 10.6 Å². The van der Waals surface area contributed by atoms with Gasteiger partial charge in [-0.15, -0.1) is 0 Å². The number of benzene rings is 2. The highest BCUT2D eigenvalue weighted by Crippen LogP contribution is 2.29. The summed E-state index contributed by atoms with van der Waals surface area (Å²) < 4.78 is 57.9. The Morgan fingerprint density at radius 3 is 2.06 bits per heavy atom. The maximum absolute atomic E-state index is 13.2. The summed E-state index contributed by atoms with van der Waals surface area (Å²) in [6.45, 7) is 3.80. The summed E-state index contributed by atoms with van der Waals surface area (Å²) in [5, 5.41) is 4.47. The Morgan fingerprint density at radius 2 is 1.44 bits per heavy atom. The minimum Gasteiger partial charge on any atom is -0.280 e. The number of nitrogens with one attached hydrogen (secondary N) is 2. The van der Waals surface area contributed by atoms with Crippen molar-refractivity contribution in [1.82, 2.24) is 19.7 Å². The van der Waals surface area contributed by atoms with Crippen molar-refractivity contribution in [3.63, 3.8) is 0 Å². The number of hydrogen-bond acceptors (Lipinski definition) is 7. The van der Waals surface area contributed by atoms with Crippen molar-refractivity contribution in [2.75, 3.05) is 9.44 Å². The van der Waals surface area contributed by atoms with E-state index in [1.165, 1.54) is 42.9 Å². The van der Waals surface area contributed by atoms with Gasteiger partial charge in [0.2, 0.25) is 5.95 Å². The largest absolute Gasteiger partial charge is 0.280 e. The molecule has 0 unspecified atom stereocenters. The number of hydrogen-bond donors (Lipinski definition) is 2. The summed E-state index contributed by atoms with van der Waals surface area (Å²) in [6.07, 6.45) is 4.31. The Hall–Kier alpha value is -3.77. The highest BCUT2D eigenvalue weighted by molar-refractivity contribution is 7.93. The molecule has 4 rings (SSSR count). The molecule has 176 valence electrons. The second-order valence-corrected chi connectivity index (χ2v) is 10.9. The van der Waals surface area contributed by atoms with E-state index in [9.17, 15) is 16.8 Å². The first kappa shape index (κ1) is 23.4. The van der Waals surface area contributed by atoms with Crippen LogP contribution >= 0.6 is 0 Å². The van der Waals surface area contributed by atoms with Gasteiger partial charge >= 0.3 is 0 Å². The molecular weight excluding hydrogens is 476 g/mol. The third kappa shape index (κ3) is 5.07. The van der Waals surface area contributed by atoms with Gasteiger partial charge in [0.25, 0.3) is 20.0 Å². The van der Waals surface area contributed by atoms with Crippen LogP contribution in [-0.2, 0) is 20.0 Å². The minimum atomic E-state index is -4.02. The lowest BCUT2D eigenvalue weighted by atomic mass is 10.2. The molecule has 0 aliphatic carbocycles. The van der Waals surface area contributed by atoms with Crippen LogP contribution in [0.5, 0.6) is 0 Å². The zero-order valence-electron chi connectivity index (χ0n) is 18.3. The summed E-state index contributed by atoms with van der Waals surface area (Å²) in [6, 6.07) is 15.9. The Morgan fingerprint density at radius 1 is 0.794 bits per heavy atom. The molecule has 0 aliphatic rings. The smallest absolute Gasteiger partial charge is 0.265 e. The van der Waals surface area contributed by atoms with Crippen molar-refractivity contribution in [1.29, 1.82) is 0 Å². The van der Waals surface area contributed by atoms with Crippen LogP contribution in [0.2, 0.25) is 0 Å². The van der Waals surface area contributed by atoms with E-state index in [-0.39, 0.29) is 27.5 Å².